The van der Waals surface area contributed by atoms with Crippen molar-refractivity contribution in [2.24, 2.45) is 50.7 Å². The number of ether oxygens (including phenoxy) is 1. The quantitative estimate of drug-likeness (QED) is 0.310. The second-order valence-electron chi connectivity index (χ2n) is 15.5. The molecule has 11 atom stereocenters. The number of allylic oxidation sites excluding steroid dienone is 2. The summed E-state index contributed by atoms with van der Waals surface area (Å²) in [6.07, 6.45) is 6.96. The molecule has 5 aliphatic rings. The maximum Gasteiger partial charge on any atom is 0.310 e. The lowest BCUT2D eigenvalue weighted by Crippen LogP contribution is -2.68. The average molecular weight is 531 g/mol. The van der Waals surface area contributed by atoms with Crippen LogP contribution in [0.4, 0.5) is 0 Å². The fraction of sp³-hybridized carbons (Fsp3) is 0.875. The molecule has 3 N–H and O–H groups in total. The molecule has 0 spiro atoms. The zero-order valence-electron chi connectivity index (χ0n) is 24.8. The molecule has 0 aromatic carbocycles. The van der Waals surface area contributed by atoms with E-state index in [9.17, 15) is 24.9 Å². The van der Waals surface area contributed by atoms with Crippen molar-refractivity contribution in [1.82, 2.24) is 0 Å². The van der Waals surface area contributed by atoms with E-state index in [0.717, 1.165) is 25.7 Å². The molecule has 0 amide bonds. The van der Waals surface area contributed by atoms with Gasteiger partial charge in [0.1, 0.15) is 5.60 Å². The van der Waals surface area contributed by atoms with Gasteiger partial charge in [0.05, 0.1) is 17.6 Å². The van der Waals surface area contributed by atoms with Crippen LogP contribution in [-0.4, -0.2) is 45.1 Å². The highest BCUT2D eigenvalue weighted by Gasteiger charge is 2.71. The van der Waals surface area contributed by atoms with E-state index in [0.29, 0.717) is 37.5 Å². The molecule has 38 heavy (non-hydrogen) atoms. The number of hydrogen-bond acceptors (Lipinski definition) is 5. The Kier molecular flexibility index (Phi) is 6.16. The van der Waals surface area contributed by atoms with Gasteiger partial charge in [-0.05, 0) is 91.8 Å². The Morgan fingerprint density at radius 2 is 1.58 bits per heavy atom. The second-order valence-corrected chi connectivity index (χ2v) is 15.5. The molecular weight excluding hydrogens is 480 g/mol. The lowest BCUT2D eigenvalue weighted by atomic mass is 9.33. The molecule has 6 nitrogen and oxygen atoms in total. The van der Waals surface area contributed by atoms with Gasteiger partial charge < -0.3 is 20.1 Å². The standard InChI is InChI=1S/C32H50O6/c1-18-24-20-9-10-23-28(5)17-21(34)25(35)27(3,4)22(28)11-12-30(23,7)29(20,6)13-15-32(24,26(36)37)16-14-31(18,8)38-19(2)33/h9,18,21-25,34-35H,10-17H2,1-8H3,(H,36,37)/t18-,21-,22+,23-,24+,25+,28+,29-,30-,31+,32-/m1/s1. The van der Waals surface area contributed by atoms with Crippen LogP contribution >= 0.6 is 0 Å². The molecule has 4 fully saturated rings. The maximum atomic E-state index is 13.0. The molecular formula is C32H50O6. The fourth-order valence-corrected chi connectivity index (χ4v) is 11.4. The normalized spacial score (nSPS) is 53.4. The highest BCUT2D eigenvalue weighted by atomic mass is 16.6. The lowest BCUT2D eigenvalue weighted by Gasteiger charge is -2.71. The number of carboxylic acid groups (broad SMARTS) is 1. The molecule has 6 heteroatoms. The Balaban J connectivity index is 1.62. The van der Waals surface area contributed by atoms with E-state index in [2.05, 4.69) is 47.6 Å². The van der Waals surface area contributed by atoms with Crippen molar-refractivity contribution in [3.05, 3.63) is 11.6 Å². The van der Waals surface area contributed by atoms with Crippen molar-refractivity contribution < 1.29 is 29.6 Å². The third-order valence-electron chi connectivity index (χ3n) is 13.8. The van der Waals surface area contributed by atoms with Crippen molar-refractivity contribution in [1.29, 1.82) is 0 Å². The van der Waals surface area contributed by atoms with E-state index in [1.165, 1.54) is 12.5 Å². The van der Waals surface area contributed by atoms with E-state index < -0.39 is 29.2 Å². The van der Waals surface area contributed by atoms with Crippen molar-refractivity contribution in [3.63, 3.8) is 0 Å². The second kappa shape index (κ2) is 8.31. The van der Waals surface area contributed by atoms with Gasteiger partial charge in [-0.2, -0.15) is 0 Å². The number of aliphatic hydroxyl groups excluding tert-OH is 2. The fourth-order valence-electron chi connectivity index (χ4n) is 11.4. The van der Waals surface area contributed by atoms with Crippen molar-refractivity contribution >= 4 is 11.9 Å². The molecule has 0 aromatic heterocycles. The number of carbonyl (C=O) groups is 2. The van der Waals surface area contributed by atoms with Gasteiger partial charge in [-0.1, -0.05) is 53.2 Å². The Labute approximate surface area is 228 Å². The van der Waals surface area contributed by atoms with Gasteiger partial charge in [-0.3, -0.25) is 9.59 Å². The number of esters is 1. The van der Waals surface area contributed by atoms with Gasteiger partial charge in [0, 0.05) is 18.8 Å². The topological polar surface area (TPSA) is 104 Å². The van der Waals surface area contributed by atoms with Gasteiger partial charge in [-0.25, -0.2) is 0 Å². The minimum atomic E-state index is -0.831. The van der Waals surface area contributed by atoms with Crippen LogP contribution in [0.1, 0.15) is 107 Å². The third-order valence-corrected chi connectivity index (χ3v) is 13.8. The van der Waals surface area contributed by atoms with Crippen LogP contribution in [0.3, 0.4) is 0 Å². The highest BCUT2D eigenvalue weighted by Crippen LogP contribution is 2.76. The number of carboxylic acids is 1. The SMILES string of the molecule is CC(=O)O[C@@]1(C)CC[C@]2(C(=O)O)CC[C@]3(C)C(=CC[C@@H]4[C@@]5(C)C[C@@H](O)[C@H](O)C(C)(C)[C@@H]5CC[C@]43C)[C@@H]2[C@H]1C. The number of aliphatic hydroxyl groups is 2. The van der Waals surface area contributed by atoms with E-state index >= 15 is 0 Å². The Morgan fingerprint density at radius 3 is 2.18 bits per heavy atom. The first-order chi connectivity index (χ1) is 17.4. The molecule has 0 bridgehead atoms. The summed E-state index contributed by atoms with van der Waals surface area (Å²) in [5.41, 5.74) is -0.972. The summed E-state index contributed by atoms with van der Waals surface area (Å²) in [7, 11) is 0. The number of fused-ring (bicyclic) bond motifs is 7. The minimum absolute atomic E-state index is 0.0555. The predicted molar refractivity (Wildman–Crippen MR) is 145 cm³/mol. The van der Waals surface area contributed by atoms with Crippen molar-refractivity contribution in [2.45, 2.75) is 125 Å². The zero-order valence-corrected chi connectivity index (χ0v) is 24.8. The summed E-state index contributed by atoms with van der Waals surface area (Å²) in [5.74, 6) is -0.670. The van der Waals surface area contributed by atoms with Crippen LogP contribution < -0.4 is 0 Å². The van der Waals surface area contributed by atoms with Crippen molar-refractivity contribution in [2.75, 3.05) is 0 Å². The van der Waals surface area contributed by atoms with Crippen LogP contribution in [0.2, 0.25) is 0 Å². The number of rotatable bonds is 2. The summed E-state index contributed by atoms with van der Waals surface area (Å²) in [6, 6.07) is 0. The first kappa shape index (κ1) is 28.1. The van der Waals surface area contributed by atoms with E-state index in [1.807, 2.05) is 6.92 Å². The molecule has 214 valence electrons. The van der Waals surface area contributed by atoms with Gasteiger partial charge >= 0.3 is 11.9 Å². The summed E-state index contributed by atoms with van der Waals surface area (Å²) in [6.45, 7) is 17.0. The molecule has 0 saturated heterocycles. The molecule has 0 radical (unpaired) electrons. The highest BCUT2D eigenvalue weighted by molar-refractivity contribution is 5.77. The third kappa shape index (κ3) is 3.31. The predicted octanol–water partition coefficient (Wildman–Crippen LogP) is 5.75. The summed E-state index contributed by atoms with van der Waals surface area (Å²) >= 11 is 0. The molecule has 4 saturated carbocycles. The molecule has 5 aliphatic carbocycles. The molecule has 0 aromatic rings. The Bertz CT molecular complexity index is 1060. The van der Waals surface area contributed by atoms with Gasteiger partial charge in [0.25, 0.3) is 0 Å². The monoisotopic (exact) mass is 530 g/mol. The van der Waals surface area contributed by atoms with Gasteiger partial charge in [0.15, 0.2) is 0 Å². The molecule has 5 rings (SSSR count). The average Bonchev–Trinajstić information content (AvgIpc) is 2.80. The summed E-state index contributed by atoms with van der Waals surface area (Å²) < 4.78 is 5.93. The maximum absolute atomic E-state index is 13.0. The van der Waals surface area contributed by atoms with E-state index in [1.54, 1.807) is 0 Å². The van der Waals surface area contributed by atoms with E-state index in [4.69, 9.17) is 4.74 Å². The first-order valence-electron chi connectivity index (χ1n) is 14.9. The van der Waals surface area contributed by atoms with Crippen molar-refractivity contribution in [3.8, 4) is 0 Å². The lowest BCUT2D eigenvalue weighted by molar-refractivity contribution is -0.235. The number of carbonyl (C=O) groups excluding carboxylic acids is 1. The summed E-state index contributed by atoms with van der Waals surface area (Å²) in [5, 5.41) is 32.7. The molecule has 0 aliphatic heterocycles. The number of hydrogen-bond donors (Lipinski definition) is 3. The minimum Gasteiger partial charge on any atom is -0.481 e. The number of aliphatic carboxylic acids is 1. The van der Waals surface area contributed by atoms with Gasteiger partial charge in [-0.15, -0.1) is 0 Å². The van der Waals surface area contributed by atoms with Crippen LogP contribution in [0, 0.1) is 50.7 Å². The molecule has 0 unspecified atom stereocenters. The first-order valence-corrected chi connectivity index (χ1v) is 14.9. The summed E-state index contributed by atoms with van der Waals surface area (Å²) in [4.78, 5) is 25.1. The largest absolute Gasteiger partial charge is 0.481 e. The molecule has 0 heterocycles. The Hall–Kier alpha value is -1.40. The van der Waals surface area contributed by atoms with Crippen LogP contribution in [0.25, 0.3) is 0 Å². The van der Waals surface area contributed by atoms with E-state index in [-0.39, 0.29) is 39.5 Å². The smallest absolute Gasteiger partial charge is 0.310 e. The zero-order chi connectivity index (χ0) is 28.3. The van der Waals surface area contributed by atoms with Crippen LogP contribution in [-0.2, 0) is 14.3 Å². The van der Waals surface area contributed by atoms with Crippen LogP contribution in [0.15, 0.2) is 11.6 Å². The Morgan fingerprint density at radius 1 is 0.947 bits per heavy atom. The van der Waals surface area contributed by atoms with Gasteiger partial charge in [0.2, 0.25) is 0 Å². The van der Waals surface area contributed by atoms with Crippen LogP contribution in [0.5, 0.6) is 0 Å².